The third kappa shape index (κ3) is 2.85. The minimum absolute atomic E-state index is 0.475. The molecule has 15 heavy (non-hydrogen) atoms. The summed E-state index contributed by atoms with van der Waals surface area (Å²) < 4.78 is 4.58. The molecular formula is C9H11N3O2S. The van der Waals surface area contributed by atoms with Gasteiger partial charge in [0.15, 0.2) is 5.82 Å². The zero-order valence-corrected chi connectivity index (χ0v) is 8.78. The SMILES string of the molecule is OC(CNCc1ncon1)c1cccs1. The van der Waals surface area contributed by atoms with Gasteiger partial charge in [-0.2, -0.15) is 4.98 Å². The molecule has 0 saturated carbocycles. The monoisotopic (exact) mass is 225 g/mol. The van der Waals surface area contributed by atoms with Gasteiger partial charge in [0, 0.05) is 11.4 Å². The second-order valence-corrected chi connectivity index (χ2v) is 3.99. The molecule has 2 heterocycles. The summed E-state index contributed by atoms with van der Waals surface area (Å²) in [6, 6.07) is 3.83. The van der Waals surface area contributed by atoms with Gasteiger partial charge < -0.3 is 14.9 Å². The number of hydrogen-bond donors (Lipinski definition) is 2. The van der Waals surface area contributed by atoms with Crippen LogP contribution in [0.4, 0.5) is 0 Å². The Kier molecular flexibility index (Phi) is 3.44. The van der Waals surface area contributed by atoms with Crippen molar-refractivity contribution in [2.75, 3.05) is 6.54 Å². The van der Waals surface area contributed by atoms with Crippen molar-refractivity contribution in [2.24, 2.45) is 0 Å². The van der Waals surface area contributed by atoms with Crippen LogP contribution in [-0.4, -0.2) is 21.8 Å². The van der Waals surface area contributed by atoms with Gasteiger partial charge in [-0.25, -0.2) is 0 Å². The highest BCUT2D eigenvalue weighted by atomic mass is 32.1. The molecule has 1 atom stereocenters. The van der Waals surface area contributed by atoms with Gasteiger partial charge in [0.05, 0.1) is 6.54 Å². The van der Waals surface area contributed by atoms with Crippen LogP contribution in [0.2, 0.25) is 0 Å². The van der Waals surface area contributed by atoms with Crippen LogP contribution in [0.15, 0.2) is 28.4 Å². The molecule has 6 heteroatoms. The Hall–Kier alpha value is -1.24. The fourth-order valence-electron chi connectivity index (χ4n) is 1.17. The molecule has 2 rings (SSSR count). The minimum Gasteiger partial charge on any atom is -0.386 e. The third-order valence-corrected chi connectivity index (χ3v) is 2.87. The smallest absolute Gasteiger partial charge is 0.213 e. The Balaban J connectivity index is 1.74. The van der Waals surface area contributed by atoms with Crippen molar-refractivity contribution >= 4 is 11.3 Å². The molecule has 0 bridgehead atoms. The molecule has 0 radical (unpaired) electrons. The van der Waals surface area contributed by atoms with Crippen molar-refractivity contribution in [3.63, 3.8) is 0 Å². The van der Waals surface area contributed by atoms with E-state index in [2.05, 4.69) is 20.0 Å². The number of aliphatic hydroxyl groups is 1. The highest BCUT2D eigenvalue weighted by Gasteiger charge is 2.08. The zero-order chi connectivity index (χ0) is 10.5. The molecule has 1 unspecified atom stereocenters. The zero-order valence-electron chi connectivity index (χ0n) is 7.96. The van der Waals surface area contributed by atoms with Crippen LogP contribution in [-0.2, 0) is 6.54 Å². The van der Waals surface area contributed by atoms with E-state index in [0.29, 0.717) is 18.9 Å². The average Bonchev–Trinajstić information content (AvgIpc) is 2.90. The van der Waals surface area contributed by atoms with Crippen LogP contribution in [0.25, 0.3) is 0 Å². The first-order valence-electron chi connectivity index (χ1n) is 4.53. The predicted molar refractivity (Wildman–Crippen MR) is 55.3 cm³/mol. The standard InChI is InChI=1S/C9H11N3O2S/c13-7(8-2-1-3-15-8)4-10-5-9-11-6-14-12-9/h1-3,6-7,10,13H,4-5H2. The van der Waals surface area contributed by atoms with E-state index >= 15 is 0 Å². The van der Waals surface area contributed by atoms with Gasteiger partial charge >= 0.3 is 0 Å². The van der Waals surface area contributed by atoms with Gasteiger partial charge in [-0.15, -0.1) is 11.3 Å². The summed E-state index contributed by atoms with van der Waals surface area (Å²) in [7, 11) is 0. The molecule has 2 aromatic rings. The topological polar surface area (TPSA) is 71.2 Å². The molecule has 0 aliphatic heterocycles. The molecule has 2 N–H and O–H groups in total. The number of hydrogen-bond acceptors (Lipinski definition) is 6. The predicted octanol–water partition coefficient (Wildman–Crippen LogP) is 0.954. The lowest BCUT2D eigenvalue weighted by molar-refractivity contribution is 0.177. The van der Waals surface area contributed by atoms with E-state index in [1.165, 1.54) is 17.7 Å². The molecule has 0 saturated heterocycles. The summed E-state index contributed by atoms with van der Waals surface area (Å²) in [5.41, 5.74) is 0. The number of rotatable bonds is 5. The second-order valence-electron chi connectivity index (χ2n) is 3.01. The maximum absolute atomic E-state index is 9.72. The summed E-state index contributed by atoms with van der Waals surface area (Å²) in [6.07, 6.45) is 0.809. The van der Waals surface area contributed by atoms with E-state index in [9.17, 15) is 5.11 Å². The minimum atomic E-state index is -0.475. The molecule has 5 nitrogen and oxygen atoms in total. The number of thiophene rings is 1. The van der Waals surface area contributed by atoms with Gasteiger partial charge in [-0.3, -0.25) is 0 Å². The Labute approximate surface area is 90.8 Å². The molecule has 80 valence electrons. The normalized spacial score (nSPS) is 12.9. The highest BCUT2D eigenvalue weighted by Crippen LogP contribution is 2.17. The van der Waals surface area contributed by atoms with Crippen molar-refractivity contribution in [3.8, 4) is 0 Å². The third-order valence-electron chi connectivity index (χ3n) is 1.90. The summed E-state index contributed by atoms with van der Waals surface area (Å²) in [5.74, 6) is 0.591. The Morgan fingerprint density at radius 1 is 1.60 bits per heavy atom. The maximum Gasteiger partial charge on any atom is 0.213 e. The van der Waals surface area contributed by atoms with Gasteiger partial charge in [0.25, 0.3) is 0 Å². The summed E-state index contributed by atoms with van der Waals surface area (Å²) in [6.45, 7) is 0.980. The number of nitrogens with zero attached hydrogens (tertiary/aromatic N) is 2. The molecule has 0 amide bonds. The van der Waals surface area contributed by atoms with Crippen molar-refractivity contribution < 1.29 is 9.63 Å². The maximum atomic E-state index is 9.72. The van der Waals surface area contributed by atoms with Crippen LogP contribution in [0, 0.1) is 0 Å². The summed E-state index contributed by atoms with van der Waals surface area (Å²) in [4.78, 5) is 4.81. The van der Waals surface area contributed by atoms with Crippen LogP contribution in [0.1, 0.15) is 16.8 Å². The molecule has 2 aromatic heterocycles. The van der Waals surface area contributed by atoms with Crippen LogP contribution in [0.3, 0.4) is 0 Å². The number of aliphatic hydroxyl groups excluding tert-OH is 1. The lowest BCUT2D eigenvalue weighted by atomic mass is 10.3. The average molecular weight is 225 g/mol. The molecule has 0 aliphatic rings. The van der Waals surface area contributed by atoms with Crippen LogP contribution < -0.4 is 5.32 Å². The lowest BCUT2D eigenvalue weighted by Crippen LogP contribution is -2.21. The van der Waals surface area contributed by atoms with Crippen molar-refractivity contribution in [1.82, 2.24) is 15.5 Å². The second kappa shape index (κ2) is 5.01. The van der Waals surface area contributed by atoms with Gasteiger partial charge in [-0.1, -0.05) is 11.2 Å². The molecular weight excluding hydrogens is 214 g/mol. The molecule has 0 aliphatic carbocycles. The Bertz CT molecular complexity index is 374. The first kappa shape index (κ1) is 10.3. The van der Waals surface area contributed by atoms with Gasteiger partial charge in [-0.05, 0) is 11.4 Å². The van der Waals surface area contributed by atoms with E-state index in [4.69, 9.17) is 0 Å². The van der Waals surface area contributed by atoms with E-state index < -0.39 is 6.10 Å². The summed E-state index contributed by atoms with van der Waals surface area (Å²) >= 11 is 1.54. The van der Waals surface area contributed by atoms with Gasteiger partial charge in [0.2, 0.25) is 6.39 Å². The summed E-state index contributed by atoms with van der Waals surface area (Å²) in [5, 5.41) is 18.4. The Morgan fingerprint density at radius 2 is 2.53 bits per heavy atom. The fraction of sp³-hybridized carbons (Fsp3) is 0.333. The van der Waals surface area contributed by atoms with Crippen molar-refractivity contribution in [1.29, 1.82) is 0 Å². The molecule has 0 aromatic carbocycles. The van der Waals surface area contributed by atoms with Crippen LogP contribution >= 0.6 is 11.3 Å². The van der Waals surface area contributed by atoms with Crippen LogP contribution in [0.5, 0.6) is 0 Å². The quantitative estimate of drug-likeness (QED) is 0.793. The lowest BCUT2D eigenvalue weighted by Gasteiger charge is -2.08. The molecule has 0 spiro atoms. The largest absolute Gasteiger partial charge is 0.386 e. The van der Waals surface area contributed by atoms with E-state index in [0.717, 1.165) is 4.88 Å². The van der Waals surface area contributed by atoms with Crippen molar-refractivity contribution in [3.05, 3.63) is 34.6 Å². The number of nitrogens with one attached hydrogen (secondary N) is 1. The number of aromatic nitrogens is 2. The van der Waals surface area contributed by atoms with E-state index in [1.54, 1.807) is 0 Å². The van der Waals surface area contributed by atoms with E-state index in [1.807, 2.05) is 17.5 Å². The van der Waals surface area contributed by atoms with E-state index in [-0.39, 0.29) is 0 Å². The van der Waals surface area contributed by atoms with Crippen molar-refractivity contribution in [2.45, 2.75) is 12.6 Å². The first-order chi connectivity index (χ1) is 7.36. The first-order valence-corrected chi connectivity index (χ1v) is 5.41. The molecule has 0 fully saturated rings. The Morgan fingerprint density at radius 3 is 3.20 bits per heavy atom. The highest BCUT2D eigenvalue weighted by molar-refractivity contribution is 7.10. The van der Waals surface area contributed by atoms with Gasteiger partial charge in [0.1, 0.15) is 6.10 Å². The fourth-order valence-corrected chi connectivity index (χ4v) is 1.88.